The number of nitriles is 1. The van der Waals surface area contributed by atoms with Crippen LogP contribution in [0.4, 0.5) is 11.6 Å². The van der Waals surface area contributed by atoms with Crippen LogP contribution in [0.15, 0.2) is 67.3 Å². The monoisotopic (exact) mass is 434 g/mol. The number of H-pyrrole nitrogens is 2. The molecule has 0 spiro atoms. The van der Waals surface area contributed by atoms with Crippen LogP contribution in [0.2, 0.25) is 0 Å². The molecule has 0 unspecified atom stereocenters. The minimum absolute atomic E-state index is 0.359. The van der Waals surface area contributed by atoms with Gasteiger partial charge in [0.1, 0.15) is 11.3 Å². The number of hydrogen-bond acceptors (Lipinski definition) is 6. The number of anilines is 2. The second-order valence-corrected chi connectivity index (χ2v) is 7.59. The molecule has 0 saturated carbocycles. The van der Waals surface area contributed by atoms with E-state index in [1.54, 1.807) is 6.33 Å². The lowest BCUT2D eigenvalue weighted by Gasteiger charge is -2.13. The lowest BCUT2D eigenvalue weighted by molar-refractivity contribution is -0.377. The third kappa shape index (κ3) is 4.07. The van der Waals surface area contributed by atoms with E-state index in [1.807, 2.05) is 74.8 Å². The molecule has 0 aliphatic carbocycles. The van der Waals surface area contributed by atoms with Crippen molar-refractivity contribution < 1.29 is 9.72 Å². The molecule has 33 heavy (non-hydrogen) atoms. The Morgan fingerprint density at radius 3 is 2.36 bits per heavy atom. The smallest absolute Gasteiger partial charge is 0.250 e. The van der Waals surface area contributed by atoms with Crippen LogP contribution >= 0.6 is 0 Å². The first-order valence-corrected chi connectivity index (χ1v) is 10.3. The molecule has 0 amide bonds. The molecule has 2 aromatic carbocycles. The van der Waals surface area contributed by atoms with Crippen LogP contribution in [0.25, 0.3) is 22.3 Å². The maximum Gasteiger partial charge on any atom is 0.250 e. The first-order valence-electron chi connectivity index (χ1n) is 10.3. The Labute approximate surface area is 190 Å². The molecule has 5 rings (SSSR count). The SMILES string of the molecule is Cc1cc(C#N)cc(C)c1Nc1nc(Oc2ccc(-c3cc[nH+]cc3)cc2)c2[nH]cnc2n1. The van der Waals surface area contributed by atoms with Crippen molar-refractivity contribution >= 4 is 22.8 Å². The highest BCUT2D eigenvalue weighted by Gasteiger charge is 2.14. The fraction of sp³-hybridized carbons (Fsp3) is 0.0800. The molecule has 0 saturated heterocycles. The number of hydrogen-bond donors (Lipinski definition) is 2. The summed E-state index contributed by atoms with van der Waals surface area (Å²) < 4.78 is 6.10. The van der Waals surface area contributed by atoms with Crippen LogP contribution in [-0.2, 0) is 0 Å². The average Bonchev–Trinajstić information content (AvgIpc) is 3.31. The highest BCUT2D eigenvalue weighted by atomic mass is 16.5. The summed E-state index contributed by atoms with van der Waals surface area (Å²) in [7, 11) is 0. The maximum absolute atomic E-state index is 9.20. The molecule has 8 nitrogen and oxygen atoms in total. The number of imidazole rings is 1. The van der Waals surface area contributed by atoms with Crippen molar-refractivity contribution in [3.05, 3.63) is 83.9 Å². The zero-order valence-corrected chi connectivity index (χ0v) is 18.0. The summed E-state index contributed by atoms with van der Waals surface area (Å²) in [6.45, 7) is 3.87. The van der Waals surface area contributed by atoms with E-state index in [1.165, 1.54) is 0 Å². The molecule has 0 aliphatic heterocycles. The van der Waals surface area contributed by atoms with Gasteiger partial charge in [0.2, 0.25) is 5.95 Å². The molecule has 0 atom stereocenters. The van der Waals surface area contributed by atoms with Crippen molar-refractivity contribution in [2.45, 2.75) is 13.8 Å². The lowest BCUT2D eigenvalue weighted by atomic mass is 10.1. The Morgan fingerprint density at radius 1 is 0.970 bits per heavy atom. The van der Waals surface area contributed by atoms with Crippen LogP contribution in [0.1, 0.15) is 16.7 Å². The van der Waals surface area contributed by atoms with Crippen LogP contribution < -0.4 is 15.0 Å². The van der Waals surface area contributed by atoms with Crippen molar-refractivity contribution in [3.63, 3.8) is 0 Å². The summed E-state index contributed by atoms with van der Waals surface area (Å²) >= 11 is 0. The molecule has 8 heteroatoms. The molecule has 0 radical (unpaired) electrons. The van der Waals surface area contributed by atoms with Gasteiger partial charge >= 0.3 is 0 Å². The first kappa shape index (κ1) is 20.2. The third-order valence-corrected chi connectivity index (χ3v) is 5.27. The Bertz CT molecular complexity index is 1460. The molecule has 0 fully saturated rings. The Balaban J connectivity index is 1.46. The van der Waals surface area contributed by atoms with Gasteiger partial charge < -0.3 is 15.0 Å². The van der Waals surface area contributed by atoms with E-state index in [2.05, 4.69) is 36.3 Å². The van der Waals surface area contributed by atoms with Gasteiger partial charge in [-0.3, -0.25) is 0 Å². The number of aromatic amines is 2. The van der Waals surface area contributed by atoms with Crippen LogP contribution in [0.5, 0.6) is 11.6 Å². The average molecular weight is 434 g/mol. The highest BCUT2D eigenvalue weighted by molar-refractivity contribution is 5.78. The summed E-state index contributed by atoms with van der Waals surface area (Å²) in [4.78, 5) is 19.4. The Kier molecular flexibility index (Phi) is 5.13. The van der Waals surface area contributed by atoms with E-state index in [9.17, 15) is 5.26 Å². The van der Waals surface area contributed by atoms with Gasteiger partial charge in [-0.15, -0.1) is 0 Å². The summed E-state index contributed by atoms with van der Waals surface area (Å²) in [6, 6.07) is 17.7. The van der Waals surface area contributed by atoms with Crippen LogP contribution in [0, 0.1) is 25.2 Å². The summed E-state index contributed by atoms with van der Waals surface area (Å²) in [5.41, 5.74) is 6.60. The predicted molar refractivity (Wildman–Crippen MR) is 124 cm³/mol. The van der Waals surface area contributed by atoms with Gasteiger partial charge in [-0.1, -0.05) is 12.1 Å². The number of pyridine rings is 1. The molecule has 0 aliphatic rings. The zero-order chi connectivity index (χ0) is 22.8. The van der Waals surface area contributed by atoms with E-state index < -0.39 is 0 Å². The van der Waals surface area contributed by atoms with Crippen LogP contribution in [0.3, 0.4) is 0 Å². The minimum Gasteiger partial charge on any atom is -0.437 e. The van der Waals surface area contributed by atoms with Gasteiger partial charge in [-0.25, -0.2) is 9.97 Å². The normalized spacial score (nSPS) is 10.7. The van der Waals surface area contributed by atoms with Crippen molar-refractivity contribution in [1.29, 1.82) is 5.26 Å². The van der Waals surface area contributed by atoms with Crippen molar-refractivity contribution in [1.82, 2.24) is 19.9 Å². The summed E-state index contributed by atoms with van der Waals surface area (Å²) in [5, 5.41) is 12.5. The number of aromatic nitrogens is 5. The van der Waals surface area contributed by atoms with Gasteiger partial charge in [-0.05, 0) is 60.4 Å². The second-order valence-electron chi connectivity index (χ2n) is 7.59. The maximum atomic E-state index is 9.20. The molecule has 5 aromatic rings. The quantitative estimate of drug-likeness (QED) is 0.408. The standard InChI is InChI=1S/C25H19N7O/c1-15-11-17(13-26)12-16(2)21(15)30-25-31-23-22(28-14-29-23)24(32-25)33-20-5-3-18(4-6-20)19-7-9-27-10-8-19/h3-12,14H,1-2H3,(H2,28,29,30,31,32)/p+1. The molecular weight excluding hydrogens is 414 g/mol. The Hall–Kier alpha value is -4.77. The molecule has 3 N–H and O–H groups in total. The van der Waals surface area contributed by atoms with Gasteiger partial charge in [0.25, 0.3) is 5.88 Å². The highest BCUT2D eigenvalue weighted by Crippen LogP contribution is 2.30. The van der Waals surface area contributed by atoms with E-state index in [0.717, 1.165) is 27.9 Å². The molecule has 0 bridgehead atoms. The largest absolute Gasteiger partial charge is 0.437 e. The minimum atomic E-state index is 0.359. The number of ether oxygens (including phenoxy) is 1. The fourth-order valence-corrected chi connectivity index (χ4v) is 3.68. The van der Waals surface area contributed by atoms with Crippen molar-refractivity contribution in [3.8, 4) is 28.8 Å². The van der Waals surface area contributed by atoms with E-state index in [-0.39, 0.29) is 0 Å². The fourth-order valence-electron chi connectivity index (χ4n) is 3.68. The zero-order valence-electron chi connectivity index (χ0n) is 18.0. The molecule has 3 aromatic heterocycles. The van der Waals surface area contributed by atoms with Crippen LogP contribution in [-0.4, -0.2) is 19.9 Å². The molecule has 160 valence electrons. The van der Waals surface area contributed by atoms with Gasteiger partial charge in [0.05, 0.1) is 18.0 Å². The number of benzene rings is 2. The molecule has 3 heterocycles. The van der Waals surface area contributed by atoms with E-state index >= 15 is 0 Å². The molecular formula is C25H20N7O+. The van der Waals surface area contributed by atoms with Gasteiger partial charge in [0, 0.05) is 17.8 Å². The van der Waals surface area contributed by atoms with E-state index in [0.29, 0.717) is 34.3 Å². The van der Waals surface area contributed by atoms with E-state index in [4.69, 9.17) is 4.74 Å². The number of aryl methyl sites for hydroxylation is 2. The summed E-state index contributed by atoms with van der Waals surface area (Å²) in [6.07, 6.45) is 5.34. The Morgan fingerprint density at radius 2 is 1.67 bits per heavy atom. The van der Waals surface area contributed by atoms with Gasteiger partial charge in [-0.2, -0.15) is 15.2 Å². The summed E-state index contributed by atoms with van der Waals surface area (Å²) in [5.74, 6) is 1.37. The lowest BCUT2D eigenvalue weighted by Crippen LogP contribution is -2.03. The topological polar surface area (TPSA) is 114 Å². The van der Waals surface area contributed by atoms with Crippen molar-refractivity contribution in [2.75, 3.05) is 5.32 Å². The van der Waals surface area contributed by atoms with Gasteiger partial charge in [0.15, 0.2) is 18.0 Å². The third-order valence-electron chi connectivity index (χ3n) is 5.27. The number of rotatable bonds is 5. The number of nitrogens with zero attached hydrogens (tertiary/aromatic N) is 4. The predicted octanol–water partition coefficient (Wildman–Crippen LogP) is 4.86. The second kappa shape index (κ2) is 8.40. The number of fused-ring (bicyclic) bond motifs is 1. The number of nitrogens with one attached hydrogen (secondary N) is 3. The first-order chi connectivity index (χ1) is 16.1. The van der Waals surface area contributed by atoms with Crippen molar-refractivity contribution in [2.24, 2.45) is 0 Å².